The number of aliphatic hydroxyl groups excluding tert-OH is 4. The van der Waals surface area contributed by atoms with Gasteiger partial charge in [0.25, 0.3) is 0 Å². The van der Waals surface area contributed by atoms with Gasteiger partial charge in [0.15, 0.2) is 0 Å². The first-order valence-electron chi connectivity index (χ1n) is 31.1. The second-order valence-electron chi connectivity index (χ2n) is 22.3. The highest BCUT2D eigenvalue weighted by Gasteiger charge is 2.28. The average Bonchev–Trinajstić information content (AvgIpc) is 0.801. The lowest BCUT2D eigenvalue weighted by Gasteiger charge is -2.26. The van der Waals surface area contributed by atoms with Crippen molar-refractivity contribution in [2.24, 2.45) is 0 Å². The molecule has 0 aliphatic carbocycles. The van der Waals surface area contributed by atoms with Crippen LogP contribution in [-0.2, 0) is 0 Å². The van der Waals surface area contributed by atoms with Crippen molar-refractivity contribution < 1.29 is 59.8 Å². The molecule has 0 atom stereocenters. The molecule has 0 aromatic heterocycles. The van der Waals surface area contributed by atoms with E-state index in [1.807, 2.05) is 170 Å². The lowest BCUT2D eigenvalue weighted by atomic mass is 9.81. The summed E-state index contributed by atoms with van der Waals surface area (Å²) in [6, 6.07) is 89.3. The fourth-order valence-corrected chi connectivity index (χ4v) is 11.6. The summed E-state index contributed by atoms with van der Waals surface area (Å²) in [6.45, 7) is 0.228. The van der Waals surface area contributed by atoms with Crippen LogP contribution in [0, 0.1) is 0 Å². The predicted molar refractivity (Wildman–Crippen MR) is 370 cm³/mol. The molecular formula is C82H72O12. The quantitative estimate of drug-likeness (QED) is 0.0267. The Morgan fingerprint density at radius 2 is 0.489 bits per heavy atom. The number of phenolic OH excluding ortho intramolecular Hbond substituents is 4. The Labute approximate surface area is 547 Å². The van der Waals surface area contributed by atoms with Crippen LogP contribution in [0.15, 0.2) is 279 Å². The Hall–Kier alpha value is -11.1. The number of hydrogen-bond donors (Lipinski definition) is 8. The van der Waals surface area contributed by atoms with Gasteiger partial charge in [0.05, 0.1) is 26.4 Å². The third-order valence-corrected chi connectivity index (χ3v) is 16.2. The van der Waals surface area contributed by atoms with E-state index in [1.165, 1.54) is 0 Å². The Bertz CT molecular complexity index is 4170. The Morgan fingerprint density at radius 1 is 0.234 bits per heavy atom. The molecule has 0 heterocycles. The lowest BCUT2D eigenvalue weighted by Crippen LogP contribution is -2.12. The molecule has 12 rings (SSSR count). The van der Waals surface area contributed by atoms with Crippen molar-refractivity contribution in [2.75, 3.05) is 52.9 Å². The van der Waals surface area contributed by atoms with Gasteiger partial charge in [0.2, 0.25) is 0 Å². The van der Waals surface area contributed by atoms with Crippen molar-refractivity contribution in [3.63, 3.8) is 0 Å². The number of phenols is 4. The van der Waals surface area contributed by atoms with Gasteiger partial charge in [0, 0.05) is 34.1 Å². The van der Waals surface area contributed by atoms with E-state index in [0.717, 1.165) is 89.0 Å². The van der Waals surface area contributed by atoms with Crippen molar-refractivity contribution in [1.82, 2.24) is 0 Å². The molecule has 0 fully saturated rings. The molecule has 0 bridgehead atoms. The number of ether oxygens (including phenoxy) is 4. The lowest BCUT2D eigenvalue weighted by molar-refractivity contribution is 0.198. The average molecular weight is 1250 g/mol. The zero-order valence-electron chi connectivity index (χ0n) is 51.6. The van der Waals surface area contributed by atoms with Crippen LogP contribution < -0.4 is 18.9 Å². The van der Waals surface area contributed by atoms with Gasteiger partial charge in [-0.2, -0.15) is 0 Å². The number of benzene rings is 12. The summed E-state index contributed by atoms with van der Waals surface area (Å²) in [7, 11) is 0. The molecule has 0 radical (unpaired) electrons. The van der Waals surface area contributed by atoms with Crippen LogP contribution in [0.1, 0.15) is 45.2 Å². The van der Waals surface area contributed by atoms with E-state index in [2.05, 4.69) is 72.8 Å². The summed E-state index contributed by atoms with van der Waals surface area (Å²) in [4.78, 5) is 0. The summed E-state index contributed by atoms with van der Waals surface area (Å²) in [5.74, 6) is 2.25. The molecule has 12 nitrogen and oxygen atoms in total. The highest BCUT2D eigenvalue weighted by Crippen LogP contribution is 2.47. The second-order valence-corrected chi connectivity index (χ2v) is 22.3. The number of hydrogen-bond acceptors (Lipinski definition) is 12. The molecule has 472 valence electrons. The van der Waals surface area contributed by atoms with Crippen LogP contribution >= 0.6 is 0 Å². The molecule has 0 amide bonds. The molecule has 0 spiro atoms. The van der Waals surface area contributed by atoms with Gasteiger partial charge in [-0.25, -0.2) is 0 Å². The summed E-state index contributed by atoms with van der Waals surface area (Å²) in [5, 5.41) is 80.0. The minimum atomic E-state index is -0.492. The van der Waals surface area contributed by atoms with Crippen LogP contribution in [0.3, 0.4) is 0 Å². The Morgan fingerprint density at radius 3 is 0.830 bits per heavy atom. The summed E-state index contributed by atoms with van der Waals surface area (Å²) >= 11 is 0. The fourth-order valence-electron chi connectivity index (χ4n) is 11.6. The SMILES string of the molecule is OCCOc1ccc(-c2ccc(OCCO)c(C(c3ccc(-c4ccccc4)cc3)c3cc(-c4ccc(OCCO)cc4)ccc3OCCO)c2)cc1.Oc1ccc(-c2ccc(O)c(C(c3ccc(-c4ccccc4)cc3)c3cc(-c4ccc(O)cc4)ccc3O)c2)cc1. The summed E-state index contributed by atoms with van der Waals surface area (Å²) in [6.07, 6.45) is 0. The van der Waals surface area contributed by atoms with Crippen LogP contribution in [0.25, 0.3) is 66.8 Å². The van der Waals surface area contributed by atoms with E-state index in [1.54, 1.807) is 36.4 Å². The van der Waals surface area contributed by atoms with E-state index in [-0.39, 0.29) is 75.9 Å². The van der Waals surface area contributed by atoms with Crippen molar-refractivity contribution in [3.05, 3.63) is 312 Å². The van der Waals surface area contributed by atoms with E-state index < -0.39 is 11.8 Å². The first kappa shape index (κ1) is 64.4. The predicted octanol–water partition coefficient (Wildman–Crippen LogP) is 16.0. The zero-order valence-corrected chi connectivity index (χ0v) is 51.6. The van der Waals surface area contributed by atoms with Crippen molar-refractivity contribution >= 4 is 0 Å². The third kappa shape index (κ3) is 15.8. The monoisotopic (exact) mass is 1250 g/mol. The molecular weight excluding hydrogens is 1180 g/mol. The van der Waals surface area contributed by atoms with Crippen molar-refractivity contribution in [2.45, 2.75) is 11.8 Å². The maximum absolute atomic E-state index is 11.2. The molecule has 0 saturated carbocycles. The largest absolute Gasteiger partial charge is 0.508 e. The molecule has 12 aromatic carbocycles. The van der Waals surface area contributed by atoms with Gasteiger partial charge < -0.3 is 59.8 Å². The minimum Gasteiger partial charge on any atom is -0.508 e. The van der Waals surface area contributed by atoms with Crippen LogP contribution in [0.5, 0.6) is 46.0 Å². The van der Waals surface area contributed by atoms with Crippen LogP contribution in [0.2, 0.25) is 0 Å². The normalized spacial score (nSPS) is 11.0. The first-order chi connectivity index (χ1) is 46.1. The fraction of sp³-hybridized carbons (Fsp3) is 0.122. The maximum atomic E-state index is 11.2. The summed E-state index contributed by atoms with van der Waals surface area (Å²) < 4.78 is 23.7. The molecule has 94 heavy (non-hydrogen) atoms. The Balaban J connectivity index is 0.000000198. The Kier molecular flexibility index (Phi) is 21.4. The third-order valence-electron chi connectivity index (χ3n) is 16.2. The van der Waals surface area contributed by atoms with Crippen molar-refractivity contribution in [3.8, 4) is 113 Å². The maximum Gasteiger partial charge on any atom is 0.123 e. The van der Waals surface area contributed by atoms with Crippen molar-refractivity contribution in [1.29, 1.82) is 0 Å². The highest BCUT2D eigenvalue weighted by atomic mass is 16.5. The molecule has 0 saturated heterocycles. The minimum absolute atomic E-state index is 0.0658. The van der Waals surface area contributed by atoms with Crippen LogP contribution in [0.4, 0.5) is 0 Å². The van der Waals surface area contributed by atoms with Gasteiger partial charge >= 0.3 is 0 Å². The van der Waals surface area contributed by atoms with E-state index in [0.29, 0.717) is 34.1 Å². The van der Waals surface area contributed by atoms with Gasteiger partial charge in [-0.15, -0.1) is 0 Å². The van der Waals surface area contributed by atoms with Gasteiger partial charge in [-0.05, 0) is 175 Å². The van der Waals surface area contributed by atoms with E-state index in [4.69, 9.17) is 18.9 Å². The van der Waals surface area contributed by atoms with Gasteiger partial charge in [-0.3, -0.25) is 0 Å². The summed E-state index contributed by atoms with van der Waals surface area (Å²) in [5.41, 5.74) is 16.6. The van der Waals surface area contributed by atoms with E-state index in [9.17, 15) is 40.9 Å². The topological polar surface area (TPSA) is 199 Å². The number of aromatic hydroxyl groups is 4. The zero-order chi connectivity index (χ0) is 65.2. The number of aliphatic hydroxyl groups is 4. The van der Waals surface area contributed by atoms with Gasteiger partial charge in [-0.1, -0.05) is 182 Å². The number of rotatable bonds is 24. The molecule has 8 N–H and O–H groups in total. The molecule has 0 aliphatic heterocycles. The smallest absolute Gasteiger partial charge is 0.123 e. The first-order valence-corrected chi connectivity index (χ1v) is 31.1. The second kappa shape index (κ2) is 31.3. The molecule has 12 aromatic rings. The molecule has 0 aliphatic rings. The highest BCUT2D eigenvalue weighted by molar-refractivity contribution is 5.75. The molecule has 12 heteroatoms. The van der Waals surface area contributed by atoms with Crippen LogP contribution in [-0.4, -0.2) is 93.7 Å². The van der Waals surface area contributed by atoms with E-state index >= 15 is 0 Å². The molecule has 0 unspecified atom stereocenters. The standard InChI is InChI=1S/C45H44O8.C37H28O4/c46-22-26-50-39-16-10-34(11-17-39)37-14-20-43(52-28-24-48)41(30-37)45(36-8-6-33(7-9-36)32-4-2-1-3-5-32)42-31-38(15-21-44(42)53-29-25-49)35-12-18-40(19-13-35)51-27-23-47;38-31-16-10-26(11-17-31)29-14-20-35(40)33(22-29)37(28-8-6-25(7-9-28)24-4-2-1-3-5-24)34-23-30(15-21-36(34)41)27-12-18-32(39)19-13-27/h1-21,30-31,45-49H,22-29H2;1-23,37-41H. The van der Waals surface area contributed by atoms with Gasteiger partial charge in [0.1, 0.15) is 72.4 Å².